The molecule has 0 aromatic heterocycles. The molecule has 2 atom stereocenters. The maximum atomic E-state index is 9.65. The fourth-order valence-electron chi connectivity index (χ4n) is 0.960. The van der Waals surface area contributed by atoms with Crippen LogP contribution in [0.2, 0.25) is 0 Å². The molecule has 80 valence electrons. The molecule has 2 unspecified atom stereocenters. The van der Waals surface area contributed by atoms with E-state index < -0.39 is 12.5 Å². The van der Waals surface area contributed by atoms with Crippen molar-refractivity contribution in [2.75, 3.05) is 7.11 Å². The van der Waals surface area contributed by atoms with E-state index in [0.717, 1.165) is 0 Å². The number of aliphatic hydroxyl groups excluding tert-OH is 2. The first kappa shape index (κ1) is 12.8. The van der Waals surface area contributed by atoms with Crippen molar-refractivity contribution in [3.8, 4) is 0 Å². The number of rotatable bonds is 5. The zero-order valence-corrected chi connectivity index (χ0v) is 9.06. The normalized spacial score (nSPS) is 17.1. The van der Waals surface area contributed by atoms with Gasteiger partial charge in [0.25, 0.3) is 0 Å². The maximum Gasteiger partial charge on any atom is 0.135 e. The van der Waals surface area contributed by atoms with E-state index in [1.54, 1.807) is 0 Å². The number of hydrogen-bond acceptors (Lipinski definition) is 4. The van der Waals surface area contributed by atoms with Gasteiger partial charge in [0.2, 0.25) is 0 Å². The highest BCUT2D eigenvalue weighted by molar-refractivity contribution is 4.63. The van der Waals surface area contributed by atoms with Crippen molar-refractivity contribution >= 4 is 0 Å². The first-order chi connectivity index (χ1) is 5.91. The molecule has 0 spiro atoms. The van der Waals surface area contributed by atoms with Crippen molar-refractivity contribution in [3.05, 3.63) is 0 Å². The second-order valence-electron chi connectivity index (χ2n) is 3.86. The van der Waals surface area contributed by atoms with Crippen molar-refractivity contribution in [1.82, 2.24) is 5.06 Å². The van der Waals surface area contributed by atoms with Crippen LogP contribution in [0.15, 0.2) is 0 Å². The standard InChI is InChI=1S/C9H21NO3/c1-6(2)8(11)10(13-5)9(12)7(3)4/h6-9,11-12H,1-5H3. The number of aliphatic hydroxyl groups is 2. The molecule has 0 saturated heterocycles. The topological polar surface area (TPSA) is 52.9 Å². The molecule has 0 bridgehead atoms. The molecular formula is C9H21NO3. The van der Waals surface area contributed by atoms with E-state index in [9.17, 15) is 10.2 Å². The Morgan fingerprint density at radius 1 is 0.923 bits per heavy atom. The molecule has 0 aliphatic carbocycles. The highest BCUT2D eigenvalue weighted by atomic mass is 16.7. The Labute approximate surface area is 80.1 Å². The van der Waals surface area contributed by atoms with E-state index >= 15 is 0 Å². The van der Waals surface area contributed by atoms with Crippen LogP contribution in [0.3, 0.4) is 0 Å². The average Bonchev–Trinajstić information content (AvgIpc) is 2.04. The average molecular weight is 191 g/mol. The monoisotopic (exact) mass is 191 g/mol. The van der Waals surface area contributed by atoms with Gasteiger partial charge in [-0.05, 0) is 11.8 Å². The van der Waals surface area contributed by atoms with Gasteiger partial charge in [0, 0.05) is 0 Å². The lowest BCUT2D eigenvalue weighted by molar-refractivity contribution is -0.305. The van der Waals surface area contributed by atoms with Crippen molar-refractivity contribution in [3.63, 3.8) is 0 Å². The number of nitrogens with zero attached hydrogens (tertiary/aromatic N) is 1. The van der Waals surface area contributed by atoms with Gasteiger partial charge in [0.1, 0.15) is 12.5 Å². The molecule has 2 N–H and O–H groups in total. The van der Waals surface area contributed by atoms with E-state index in [4.69, 9.17) is 4.84 Å². The highest BCUT2D eigenvalue weighted by Gasteiger charge is 2.27. The Hall–Kier alpha value is -0.160. The SMILES string of the molecule is CON(C(O)C(C)C)C(O)C(C)C. The van der Waals surface area contributed by atoms with Crippen molar-refractivity contribution in [1.29, 1.82) is 0 Å². The molecule has 0 aromatic rings. The third-order valence-electron chi connectivity index (χ3n) is 1.92. The molecule has 13 heavy (non-hydrogen) atoms. The Bertz CT molecular complexity index is 125. The van der Waals surface area contributed by atoms with Gasteiger partial charge in [0.05, 0.1) is 7.11 Å². The van der Waals surface area contributed by atoms with Gasteiger partial charge in [0.15, 0.2) is 0 Å². The molecule has 0 rings (SSSR count). The fourth-order valence-corrected chi connectivity index (χ4v) is 0.960. The van der Waals surface area contributed by atoms with Crippen LogP contribution in [0.5, 0.6) is 0 Å². The van der Waals surface area contributed by atoms with Crippen molar-refractivity contribution in [2.24, 2.45) is 11.8 Å². The summed E-state index contributed by atoms with van der Waals surface area (Å²) in [5, 5.41) is 20.5. The summed E-state index contributed by atoms with van der Waals surface area (Å²) in [6.07, 6.45) is -1.55. The van der Waals surface area contributed by atoms with Gasteiger partial charge in [-0.3, -0.25) is 4.84 Å². The minimum absolute atomic E-state index is 0.0216. The van der Waals surface area contributed by atoms with Gasteiger partial charge in [-0.1, -0.05) is 27.7 Å². The summed E-state index contributed by atoms with van der Waals surface area (Å²) in [7, 11) is 1.44. The second-order valence-corrected chi connectivity index (χ2v) is 3.86. The summed E-state index contributed by atoms with van der Waals surface area (Å²) < 4.78 is 0. The lowest BCUT2D eigenvalue weighted by Gasteiger charge is -2.33. The van der Waals surface area contributed by atoms with Gasteiger partial charge >= 0.3 is 0 Å². The van der Waals surface area contributed by atoms with Gasteiger partial charge in [-0.25, -0.2) is 0 Å². The zero-order chi connectivity index (χ0) is 10.6. The van der Waals surface area contributed by atoms with Crippen LogP contribution >= 0.6 is 0 Å². The molecule has 0 aliphatic heterocycles. The van der Waals surface area contributed by atoms with Crippen LogP contribution in [0.25, 0.3) is 0 Å². The molecule has 4 heteroatoms. The fraction of sp³-hybridized carbons (Fsp3) is 1.00. The van der Waals surface area contributed by atoms with Gasteiger partial charge in [-0.15, -0.1) is 5.06 Å². The van der Waals surface area contributed by atoms with Crippen LogP contribution in [0.4, 0.5) is 0 Å². The molecule has 0 amide bonds. The van der Waals surface area contributed by atoms with E-state index in [0.29, 0.717) is 0 Å². The third-order valence-corrected chi connectivity index (χ3v) is 1.92. The Kier molecular flexibility index (Phi) is 5.48. The molecular weight excluding hydrogens is 170 g/mol. The van der Waals surface area contributed by atoms with E-state index in [1.165, 1.54) is 12.2 Å². The quantitative estimate of drug-likeness (QED) is 0.498. The van der Waals surface area contributed by atoms with Crippen LogP contribution < -0.4 is 0 Å². The Balaban J connectivity index is 4.31. The van der Waals surface area contributed by atoms with Crippen LogP contribution in [0, 0.1) is 11.8 Å². The molecule has 4 nitrogen and oxygen atoms in total. The molecule has 0 saturated carbocycles. The lowest BCUT2D eigenvalue weighted by Crippen LogP contribution is -2.47. The Morgan fingerprint density at radius 2 is 1.23 bits per heavy atom. The van der Waals surface area contributed by atoms with Crippen LogP contribution in [-0.2, 0) is 4.84 Å². The highest BCUT2D eigenvalue weighted by Crippen LogP contribution is 2.15. The van der Waals surface area contributed by atoms with E-state index in [1.807, 2.05) is 27.7 Å². The summed E-state index contributed by atoms with van der Waals surface area (Å²) in [6, 6.07) is 0. The van der Waals surface area contributed by atoms with E-state index in [-0.39, 0.29) is 11.8 Å². The largest absolute Gasteiger partial charge is 0.376 e. The molecule has 0 aliphatic rings. The minimum Gasteiger partial charge on any atom is -0.376 e. The summed E-state index contributed by atoms with van der Waals surface area (Å²) in [5.41, 5.74) is 0. The molecule has 0 heterocycles. The smallest absolute Gasteiger partial charge is 0.135 e. The number of hydroxylamine groups is 2. The predicted octanol–water partition coefficient (Wildman–Crippen LogP) is 0.799. The van der Waals surface area contributed by atoms with Crippen molar-refractivity contribution in [2.45, 2.75) is 40.2 Å². The zero-order valence-electron chi connectivity index (χ0n) is 9.06. The third kappa shape index (κ3) is 3.60. The maximum absolute atomic E-state index is 9.65. The van der Waals surface area contributed by atoms with Crippen LogP contribution in [0.1, 0.15) is 27.7 Å². The predicted molar refractivity (Wildman–Crippen MR) is 50.5 cm³/mol. The van der Waals surface area contributed by atoms with E-state index in [2.05, 4.69) is 0 Å². The molecule has 0 aromatic carbocycles. The van der Waals surface area contributed by atoms with Crippen LogP contribution in [-0.4, -0.2) is 34.8 Å². The first-order valence-electron chi connectivity index (χ1n) is 4.60. The number of hydrogen-bond donors (Lipinski definition) is 2. The Morgan fingerprint density at radius 3 is 1.38 bits per heavy atom. The summed E-state index contributed by atoms with van der Waals surface area (Å²) in [6.45, 7) is 7.46. The molecule has 0 fully saturated rings. The van der Waals surface area contributed by atoms with Gasteiger partial charge < -0.3 is 10.2 Å². The second kappa shape index (κ2) is 5.54. The van der Waals surface area contributed by atoms with Gasteiger partial charge in [-0.2, -0.15) is 0 Å². The first-order valence-corrected chi connectivity index (χ1v) is 4.60. The minimum atomic E-state index is -0.776. The lowest BCUT2D eigenvalue weighted by atomic mass is 10.1. The summed E-state index contributed by atoms with van der Waals surface area (Å²) in [4.78, 5) is 4.93. The van der Waals surface area contributed by atoms with Crippen molar-refractivity contribution < 1.29 is 15.1 Å². The molecule has 0 radical (unpaired) electrons. The summed E-state index contributed by atoms with van der Waals surface area (Å²) >= 11 is 0. The summed E-state index contributed by atoms with van der Waals surface area (Å²) in [5.74, 6) is 0.0432.